The van der Waals surface area contributed by atoms with E-state index in [1.54, 1.807) is 42.4 Å². The summed E-state index contributed by atoms with van der Waals surface area (Å²) in [7, 11) is 0. The van der Waals surface area contributed by atoms with Crippen LogP contribution in [0.15, 0.2) is 78.6 Å². The molecule has 5 rings (SSSR count). The molecule has 2 aliphatic rings. The first-order valence-corrected chi connectivity index (χ1v) is 16.1. The van der Waals surface area contributed by atoms with Gasteiger partial charge in [-0.25, -0.2) is 14.4 Å². The summed E-state index contributed by atoms with van der Waals surface area (Å²) >= 11 is 1.34. The molecule has 4 amide bonds. The molecular weight excluding hydrogens is 640 g/mol. The molecule has 2 aliphatic heterocycles. The fraction of sp³-hybridized carbons (Fsp3) is 0.333. The van der Waals surface area contributed by atoms with Crippen molar-refractivity contribution < 1.29 is 42.9 Å². The van der Waals surface area contributed by atoms with E-state index in [4.69, 9.17) is 19.9 Å². The second-order valence-electron chi connectivity index (χ2n) is 12.0. The van der Waals surface area contributed by atoms with Gasteiger partial charge in [-0.05, 0) is 38.8 Å². The number of aromatic nitrogens is 2. The van der Waals surface area contributed by atoms with Crippen LogP contribution in [0.4, 0.5) is 15.4 Å². The number of β-lactam (4-membered cyclic amide) rings is 1. The van der Waals surface area contributed by atoms with E-state index in [1.165, 1.54) is 16.7 Å². The first-order valence-electron chi connectivity index (χ1n) is 15.2. The van der Waals surface area contributed by atoms with E-state index in [-0.39, 0.29) is 24.7 Å². The molecule has 4 N–H and O–H groups in total. The number of carbonyl (C=O) groups excluding carboxylic acids is 5. The number of nitrogens with one attached hydrogen (secondary N) is 2. The summed E-state index contributed by atoms with van der Waals surface area (Å²) in [6.45, 7) is 7.27. The van der Waals surface area contributed by atoms with Crippen LogP contribution in [-0.2, 0) is 35.1 Å². The third-order valence-corrected chi connectivity index (χ3v) is 8.84. The van der Waals surface area contributed by atoms with Gasteiger partial charge in [-0.15, -0.1) is 16.4 Å². The Morgan fingerprint density at radius 2 is 1.67 bits per heavy atom. The Balaban J connectivity index is 1.61. The molecule has 1 saturated heterocycles. The van der Waals surface area contributed by atoms with Crippen molar-refractivity contribution in [2.24, 2.45) is 5.73 Å². The van der Waals surface area contributed by atoms with Gasteiger partial charge in [0.25, 0.3) is 12.4 Å². The number of primary amides is 1. The Hall–Kier alpha value is -5.31. The number of anilines is 1. The highest BCUT2D eigenvalue weighted by Gasteiger charge is 2.57. The van der Waals surface area contributed by atoms with E-state index in [0.717, 1.165) is 0 Å². The van der Waals surface area contributed by atoms with Crippen LogP contribution in [0, 0.1) is 0 Å². The summed E-state index contributed by atoms with van der Waals surface area (Å²) in [6.07, 6.45) is 0.00838. The molecular formula is C33H37N6O8S+. The largest absolute Gasteiger partial charge is 0.464 e. The molecule has 252 valence electrons. The summed E-state index contributed by atoms with van der Waals surface area (Å²) in [5.41, 5.74) is 6.35. The highest BCUT2D eigenvalue weighted by atomic mass is 32.2. The fourth-order valence-corrected chi connectivity index (χ4v) is 6.96. The number of rotatable bonds is 11. The van der Waals surface area contributed by atoms with Gasteiger partial charge in [0, 0.05) is 0 Å². The normalized spacial score (nSPS) is 18.8. The Bertz CT molecular complexity index is 1680. The van der Waals surface area contributed by atoms with Gasteiger partial charge >= 0.3 is 23.9 Å². The Morgan fingerprint density at radius 1 is 1.04 bits per heavy atom. The number of urea groups is 1. The lowest BCUT2D eigenvalue weighted by Crippen LogP contribution is -2.71. The Labute approximate surface area is 281 Å². The number of thioether (sulfide) groups is 1. The molecule has 1 unspecified atom stereocenters. The minimum Gasteiger partial charge on any atom is -0.464 e. The first kappa shape index (κ1) is 34.0. The minimum absolute atomic E-state index is 0.0540. The van der Waals surface area contributed by atoms with Gasteiger partial charge in [0.2, 0.25) is 0 Å². The summed E-state index contributed by atoms with van der Waals surface area (Å²) in [5.74, 6) is -1.08. The van der Waals surface area contributed by atoms with Gasteiger partial charge < -0.3 is 25.3 Å². The van der Waals surface area contributed by atoms with Gasteiger partial charge in [0.1, 0.15) is 35.9 Å². The van der Waals surface area contributed by atoms with Crippen LogP contribution in [0.25, 0.3) is 5.70 Å². The van der Waals surface area contributed by atoms with Crippen molar-refractivity contribution in [1.29, 1.82) is 0 Å². The van der Waals surface area contributed by atoms with E-state index in [9.17, 15) is 24.0 Å². The van der Waals surface area contributed by atoms with Crippen molar-refractivity contribution in [3.63, 3.8) is 0 Å². The summed E-state index contributed by atoms with van der Waals surface area (Å²) < 4.78 is 19.7. The molecule has 48 heavy (non-hydrogen) atoms. The number of nitrogens with zero attached hydrogens (tertiary/aromatic N) is 3. The third-order valence-electron chi connectivity index (χ3n) is 7.45. The average Bonchev–Trinajstić information content (AvgIpc) is 3.42. The third kappa shape index (κ3) is 7.30. The Morgan fingerprint density at radius 3 is 2.23 bits per heavy atom. The van der Waals surface area contributed by atoms with Gasteiger partial charge in [0.05, 0.1) is 17.5 Å². The number of fused-ring (bicyclic) bond motifs is 1. The van der Waals surface area contributed by atoms with Crippen LogP contribution in [0.1, 0.15) is 44.9 Å². The van der Waals surface area contributed by atoms with Gasteiger partial charge in [0.15, 0.2) is 11.8 Å². The number of ether oxygens (including phenoxy) is 3. The number of esters is 1. The zero-order valence-corrected chi connectivity index (χ0v) is 27.6. The Kier molecular flexibility index (Phi) is 10.1. The summed E-state index contributed by atoms with van der Waals surface area (Å²) in [5, 5.41) is 4.05. The summed E-state index contributed by atoms with van der Waals surface area (Å²) in [4.78, 5) is 65.1. The van der Waals surface area contributed by atoms with E-state index in [1.807, 2.05) is 67.6 Å². The fourth-order valence-electron chi connectivity index (χ4n) is 5.52. The van der Waals surface area contributed by atoms with Gasteiger partial charge in [-0.2, -0.15) is 10.00 Å². The lowest BCUT2D eigenvalue weighted by Gasteiger charge is -2.51. The van der Waals surface area contributed by atoms with Gasteiger partial charge in [-0.3, -0.25) is 14.5 Å². The number of carbonyl (C=O) groups is 5. The topological polar surface area (TPSA) is 175 Å². The molecule has 3 atom stereocenters. The first-order chi connectivity index (χ1) is 22.9. The lowest BCUT2D eigenvalue weighted by atomic mass is 10.0. The molecule has 15 heteroatoms. The van der Waals surface area contributed by atoms with Crippen molar-refractivity contribution in [2.45, 2.75) is 62.6 Å². The number of amides is 4. The number of hydrogen-bond donors (Lipinski definition) is 3. The second-order valence-corrected chi connectivity index (χ2v) is 13.4. The SMILES string of the molecule is CC1S[C@@H]2[C@H](NC(=O)OC(C)(C)C)C(=O)N2C(C(=O)OC(c2ccccc2)c2ccccc2)=C1n1ccc(NC(N)=O)[n+]1CCOC=O. The van der Waals surface area contributed by atoms with Crippen LogP contribution >= 0.6 is 11.8 Å². The van der Waals surface area contributed by atoms with Crippen LogP contribution in [0.2, 0.25) is 0 Å². The monoisotopic (exact) mass is 677 g/mol. The molecule has 2 aromatic carbocycles. The van der Waals surface area contributed by atoms with E-state index >= 15 is 0 Å². The zero-order valence-electron chi connectivity index (χ0n) is 26.8. The average molecular weight is 678 g/mol. The maximum Gasteiger partial charge on any atom is 0.408 e. The quantitative estimate of drug-likeness (QED) is 0.0688. The molecule has 1 aromatic heterocycles. The van der Waals surface area contributed by atoms with Crippen molar-refractivity contribution in [3.05, 3.63) is 89.8 Å². The van der Waals surface area contributed by atoms with E-state index < -0.39 is 52.4 Å². The number of nitrogens with two attached hydrogens (primary N) is 1. The molecule has 0 radical (unpaired) electrons. The molecule has 3 aromatic rings. The maximum atomic E-state index is 14.5. The highest BCUT2D eigenvalue weighted by Crippen LogP contribution is 2.46. The molecule has 3 heterocycles. The van der Waals surface area contributed by atoms with Crippen LogP contribution in [0.5, 0.6) is 0 Å². The maximum absolute atomic E-state index is 14.5. The summed E-state index contributed by atoms with van der Waals surface area (Å²) in [6, 6.07) is 18.2. The molecule has 1 fully saturated rings. The predicted molar refractivity (Wildman–Crippen MR) is 175 cm³/mol. The van der Waals surface area contributed by atoms with Crippen LogP contribution in [0.3, 0.4) is 0 Å². The number of benzene rings is 2. The van der Waals surface area contributed by atoms with Crippen molar-refractivity contribution in [3.8, 4) is 0 Å². The number of hydrogen-bond acceptors (Lipinski definition) is 9. The molecule has 0 bridgehead atoms. The highest BCUT2D eigenvalue weighted by molar-refractivity contribution is 8.01. The zero-order chi connectivity index (χ0) is 34.6. The molecule has 0 saturated carbocycles. The van der Waals surface area contributed by atoms with Crippen LogP contribution < -0.4 is 21.0 Å². The molecule has 0 spiro atoms. The number of alkyl carbamates (subject to hydrolysis) is 1. The van der Waals surface area contributed by atoms with Gasteiger partial charge in [-0.1, -0.05) is 60.7 Å². The second kappa shape index (κ2) is 14.2. The van der Waals surface area contributed by atoms with Crippen LogP contribution in [-0.4, -0.2) is 68.9 Å². The molecule has 0 aliphatic carbocycles. The van der Waals surface area contributed by atoms with E-state index in [2.05, 4.69) is 10.6 Å². The smallest absolute Gasteiger partial charge is 0.408 e. The lowest BCUT2D eigenvalue weighted by molar-refractivity contribution is -0.753. The van der Waals surface area contributed by atoms with Crippen molar-refractivity contribution >= 4 is 53.7 Å². The van der Waals surface area contributed by atoms with E-state index in [0.29, 0.717) is 23.3 Å². The predicted octanol–water partition coefficient (Wildman–Crippen LogP) is 3.14. The van der Waals surface area contributed by atoms with Crippen molar-refractivity contribution in [2.75, 3.05) is 11.9 Å². The standard InChI is InChI=1S/C33H36N6O8S/c1-20-25(38-16-15-23(35-31(34)43)37(38)17-18-45-19-40)26(39-28(41)24(29(39)48-20)36-32(44)47-33(2,3)4)30(42)46-27(21-11-7-5-8-12-21)22-13-9-6-10-14-22/h5-16,19-20,24,27,29H,17-18H2,1-4H3,(H3,34,36,43,44)/p+1/t20?,24-,29-/m1/s1. The molecule has 14 nitrogen and oxygen atoms in total. The van der Waals surface area contributed by atoms with Crippen molar-refractivity contribution in [1.82, 2.24) is 14.9 Å². The minimum atomic E-state index is -0.972.